The maximum atomic E-state index is 12.8. The van der Waals surface area contributed by atoms with Crippen LogP contribution in [-0.2, 0) is 12.8 Å². The van der Waals surface area contributed by atoms with E-state index < -0.39 is 6.10 Å². The molecule has 0 spiro atoms. The molecule has 1 N–H and O–H groups in total. The highest BCUT2D eigenvalue weighted by Gasteiger charge is 2.39. The number of thiophene rings is 1. The topological polar surface area (TPSA) is 79.5 Å². The summed E-state index contributed by atoms with van der Waals surface area (Å²) >= 11 is 1.58. The van der Waals surface area contributed by atoms with Gasteiger partial charge in [-0.15, -0.1) is 11.3 Å². The molecule has 22 heavy (non-hydrogen) atoms. The molecule has 1 fully saturated rings. The van der Waals surface area contributed by atoms with Crippen LogP contribution in [0.25, 0.3) is 0 Å². The van der Waals surface area contributed by atoms with Crippen molar-refractivity contribution in [1.82, 2.24) is 15.0 Å². The lowest BCUT2D eigenvalue weighted by Crippen LogP contribution is -2.31. The number of aliphatic hydroxyl groups excluding tert-OH is 1. The van der Waals surface area contributed by atoms with Gasteiger partial charge in [-0.1, -0.05) is 5.16 Å². The van der Waals surface area contributed by atoms with Gasteiger partial charge >= 0.3 is 0 Å². The minimum absolute atomic E-state index is 0.0446. The molecule has 116 valence electrons. The third kappa shape index (κ3) is 2.24. The number of fused-ring (bicyclic) bond motifs is 1. The number of hydrogen-bond donors (Lipinski definition) is 1. The third-order valence-corrected chi connectivity index (χ3v) is 5.55. The Morgan fingerprint density at radius 1 is 1.50 bits per heavy atom. The highest BCUT2D eigenvalue weighted by molar-refractivity contribution is 7.14. The van der Waals surface area contributed by atoms with Gasteiger partial charge in [-0.2, -0.15) is 4.98 Å². The van der Waals surface area contributed by atoms with Crippen molar-refractivity contribution in [3.63, 3.8) is 0 Å². The van der Waals surface area contributed by atoms with E-state index in [9.17, 15) is 9.90 Å². The lowest BCUT2D eigenvalue weighted by molar-refractivity contribution is 0.0698. The molecular formula is C15H17N3O3S. The van der Waals surface area contributed by atoms with Gasteiger partial charge < -0.3 is 14.5 Å². The molecule has 0 radical (unpaired) electrons. The first kappa shape index (κ1) is 13.9. The van der Waals surface area contributed by atoms with Crippen LogP contribution in [-0.4, -0.2) is 38.7 Å². The van der Waals surface area contributed by atoms with E-state index >= 15 is 0 Å². The quantitative estimate of drug-likeness (QED) is 0.914. The Bertz CT molecular complexity index is 702. The van der Waals surface area contributed by atoms with Crippen LogP contribution < -0.4 is 0 Å². The number of β-amino-alcohol motifs (C(OH)–C–C–N with tert-alkyl or cyclic N) is 1. The second kappa shape index (κ2) is 5.17. The van der Waals surface area contributed by atoms with Crippen LogP contribution in [0.15, 0.2) is 10.6 Å². The number of carbonyl (C=O) groups is 1. The number of likely N-dealkylation sites (tertiary alicyclic amines) is 1. The average Bonchev–Trinajstić information content (AvgIpc) is 3.19. The molecule has 1 aliphatic heterocycles. The van der Waals surface area contributed by atoms with Crippen LogP contribution in [0.3, 0.4) is 0 Å². The standard InChI is InChI=1S/C15H17N3O3S/c1-8-16-14(21-17-8)11-6-10(19)7-18(11)15(20)13-5-9-3-2-4-12(9)22-13/h5,10-11,19H,2-4,6-7H2,1H3/t10-,11-/m1/s1. The Kier molecular flexibility index (Phi) is 3.27. The van der Waals surface area contributed by atoms with E-state index in [1.807, 2.05) is 6.07 Å². The van der Waals surface area contributed by atoms with E-state index in [4.69, 9.17) is 4.52 Å². The first-order valence-electron chi connectivity index (χ1n) is 7.52. The second-order valence-corrected chi connectivity index (χ2v) is 7.09. The van der Waals surface area contributed by atoms with Crippen LogP contribution in [0.5, 0.6) is 0 Å². The molecule has 0 bridgehead atoms. The fraction of sp³-hybridized carbons (Fsp3) is 0.533. The molecule has 2 aliphatic rings. The van der Waals surface area contributed by atoms with E-state index in [0.29, 0.717) is 24.7 Å². The molecule has 7 heteroatoms. The Hall–Kier alpha value is -1.73. The Balaban J connectivity index is 1.62. The van der Waals surface area contributed by atoms with Gasteiger partial charge in [0, 0.05) is 17.8 Å². The average molecular weight is 319 g/mol. The number of aryl methyl sites for hydroxylation is 3. The lowest BCUT2D eigenvalue weighted by atomic mass is 10.2. The van der Waals surface area contributed by atoms with Gasteiger partial charge in [0.15, 0.2) is 5.82 Å². The first-order chi connectivity index (χ1) is 10.6. The summed E-state index contributed by atoms with van der Waals surface area (Å²) in [6.45, 7) is 2.06. The predicted octanol–water partition coefficient (Wildman–Crippen LogP) is 1.88. The number of hydrogen-bond acceptors (Lipinski definition) is 6. The van der Waals surface area contributed by atoms with Gasteiger partial charge in [-0.05, 0) is 37.8 Å². The molecule has 1 amide bonds. The highest BCUT2D eigenvalue weighted by Crippen LogP contribution is 2.36. The third-order valence-electron chi connectivity index (χ3n) is 4.33. The number of aromatic nitrogens is 2. The van der Waals surface area contributed by atoms with Crippen molar-refractivity contribution in [3.05, 3.63) is 33.1 Å². The Morgan fingerprint density at radius 2 is 2.36 bits per heavy atom. The fourth-order valence-electron chi connectivity index (χ4n) is 3.30. The van der Waals surface area contributed by atoms with E-state index in [2.05, 4.69) is 10.1 Å². The number of carbonyl (C=O) groups excluding carboxylic acids is 1. The van der Waals surface area contributed by atoms with Crippen molar-refractivity contribution >= 4 is 17.2 Å². The smallest absolute Gasteiger partial charge is 0.264 e. The van der Waals surface area contributed by atoms with Gasteiger partial charge in [0.1, 0.15) is 6.04 Å². The number of aliphatic hydroxyl groups is 1. The summed E-state index contributed by atoms with van der Waals surface area (Å²) < 4.78 is 5.21. The molecule has 2 aromatic heterocycles. The van der Waals surface area contributed by atoms with Crippen molar-refractivity contribution in [1.29, 1.82) is 0 Å². The van der Waals surface area contributed by atoms with Crippen molar-refractivity contribution < 1.29 is 14.4 Å². The molecule has 0 saturated carbocycles. The van der Waals surface area contributed by atoms with Crippen molar-refractivity contribution in [2.75, 3.05) is 6.54 Å². The van der Waals surface area contributed by atoms with Crippen LogP contribution in [0.2, 0.25) is 0 Å². The molecule has 3 heterocycles. The normalized spacial score (nSPS) is 24.0. The maximum absolute atomic E-state index is 12.8. The van der Waals surface area contributed by atoms with E-state index in [0.717, 1.165) is 17.7 Å². The zero-order chi connectivity index (χ0) is 15.3. The molecule has 2 aromatic rings. The van der Waals surface area contributed by atoms with Crippen molar-refractivity contribution in [3.8, 4) is 0 Å². The van der Waals surface area contributed by atoms with Gasteiger partial charge in [0.2, 0.25) is 5.89 Å². The molecule has 0 aromatic carbocycles. The largest absolute Gasteiger partial charge is 0.391 e. The minimum atomic E-state index is -0.548. The molecular weight excluding hydrogens is 302 g/mol. The summed E-state index contributed by atoms with van der Waals surface area (Å²) in [5, 5.41) is 13.8. The highest BCUT2D eigenvalue weighted by atomic mass is 32.1. The summed E-state index contributed by atoms with van der Waals surface area (Å²) in [5.74, 6) is 0.905. The van der Waals surface area contributed by atoms with E-state index in [1.54, 1.807) is 23.2 Å². The first-order valence-corrected chi connectivity index (χ1v) is 8.34. The van der Waals surface area contributed by atoms with Crippen LogP contribution >= 0.6 is 11.3 Å². The Morgan fingerprint density at radius 3 is 3.09 bits per heavy atom. The number of amides is 1. The number of nitrogens with zero attached hydrogens (tertiary/aromatic N) is 3. The van der Waals surface area contributed by atoms with Crippen molar-refractivity contribution in [2.45, 2.75) is 44.8 Å². The summed E-state index contributed by atoms with van der Waals surface area (Å²) in [5.41, 5.74) is 1.30. The number of rotatable bonds is 2. The van der Waals surface area contributed by atoms with Gasteiger partial charge in [0.05, 0.1) is 11.0 Å². The maximum Gasteiger partial charge on any atom is 0.264 e. The van der Waals surface area contributed by atoms with Crippen LogP contribution in [0.1, 0.15) is 50.7 Å². The van der Waals surface area contributed by atoms with Crippen LogP contribution in [0.4, 0.5) is 0 Å². The van der Waals surface area contributed by atoms with Gasteiger partial charge in [0.25, 0.3) is 5.91 Å². The molecule has 2 atom stereocenters. The molecule has 4 rings (SSSR count). The zero-order valence-electron chi connectivity index (χ0n) is 12.3. The van der Waals surface area contributed by atoms with E-state index in [-0.39, 0.29) is 11.9 Å². The fourth-order valence-corrected chi connectivity index (χ4v) is 4.51. The van der Waals surface area contributed by atoms with Crippen molar-refractivity contribution in [2.24, 2.45) is 0 Å². The molecule has 0 unspecified atom stereocenters. The van der Waals surface area contributed by atoms with Gasteiger partial charge in [-0.3, -0.25) is 4.79 Å². The molecule has 6 nitrogen and oxygen atoms in total. The summed E-state index contributed by atoms with van der Waals surface area (Å²) in [6.07, 6.45) is 3.21. The minimum Gasteiger partial charge on any atom is -0.391 e. The van der Waals surface area contributed by atoms with Crippen LogP contribution in [0, 0.1) is 6.92 Å². The van der Waals surface area contributed by atoms with E-state index in [1.165, 1.54) is 16.9 Å². The summed E-state index contributed by atoms with van der Waals surface area (Å²) in [7, 11) is 0. The molecule has 1 saturated heterocycles. The monoisotopic (exact) mass is 319 g/mol. The lowest BCUT2D eigenvalue weighted by Gasteiger charge is -2.20. The zero-order valence-corrected chi connectivity index (χ0v) is 13.1. The Labute approximate surface area is 131 Å². The summed E-state index contributed by atoms with van der Waals surface area (Å²) in [4.78, 5) is 20.8. The summed E-state index contributed by atoms with van der Waals surface area (Å²) in [6, 6.07) is 1.68. The van der Waals surface area contributed by atoms with Gasteiger partial charge in [-0.25, -0.2) is 0 Å². The second-order valence-electron chi connectivity index (χ2n) is 5.96. The SMILES string of the molecule is Cc1noc([C@H]2C[C@@H](O)CN2C(=O)c2cc3c(s2)CCC3)n1. The molecule has 1 aliphatic carbocycles. The predicted molar refractivity (Wildman–Crippen MR) is 79.8 cm³/mol.